The molecule has 1 N–H and O–H groups in total. The third-order valence-electron chi connectivity index (χ3n) is 5.08. The molecule has 0 bridgehead atoms. The van der Waals surface area contributed by atoms with Crippen molar-refractivity contribution in [2.75, 3.05) is 25.3 Å². The van der Waals surface area contributed by atoms with Gasteiger partial charge in [0.05, 0.1) is 31.1 Å². The first-order valence-electron chi connectivity index (χ1n) is 10.5. The first kappa shape index (κ1) is 25.4. The Morgan fingerprint density at radius 1 is 1.06 bits per heavy atom. The van der Waals surface area contributed by atoms with Crippen LogP contribution >= 0.6 is 23.1 Å². The van der Waals surface area contributed by atoms with Gasteiger partial charge in [0.1, 0.15) is 0 Å². The van der Waals surface area contributed by atoms with Crippen molar-refractivity contribution in [3.05, 3.63) is 45.1 Å². The Morgan fingerprint density at radius 2 is 1.71 bits per heavy atom. The number of aromatic nitrogens is 3. The molecule has 3 aromatic rings. The van der Waals surface area contributed by atoms with E-state index in [1.165, 1.54) is 54.6 Å². The number of esters is 2. The van der Waals surface area contributed by atoms with Crippen LogP contribution in [-0.4, -0.2) is 52.6 Å². The number of carbonyl (C=O) groups is 3. The van der Waals surface area contributed by atoms with Crippen LogP contribution in [0.3, 0.4) is 0 Å². The van der Waals surface area contributed by atoms with Crippen molar-refractivity contribution in [2.24, 2.45) is 0 Å². The summed E-state index contributed by atoms with van der Waals surface area (Å²) in [4.78, 5) is 37.8. The van der Waals surface area contributed by atoms with Crippen molar-refractivity contribution in [1.82, 2.24) is 14.8 Å². The quantitative estimate of drug-likeness (QED) is 0.340. The summed E-state index contributed by atoms with van der Waals surface area (Å²) in [6, 6.07) is 4.24. The fourth-order valence-electron chi connectivity index (χ4n) is 3.25. The second-order valence-electron chi connectivity index (χ2n) is 7.41. The smallest absolute Gasteiger partial charge is 0.337 e. The van der Waals surface area contributed by atoms with Gasteiger partial charge < -0.3 is 19.4 Å². The van der Waals surface area contributed by atoms with E-state index < -0.39 is 11.9 Å². The van der Waals surface area contributed by atoms with E-state index in [1.54, 1.807) is 11.3 Å². The highest BCUT2D eigenvalue weighted by Gasteiger charge is 2.19. The van der Waals surface area contributed by atoms with Gasteiger partial charge >= 0.3 is 11.9 Å². The predicted octanol–water partition coefficient (Wildman–Crippen LogP) is 4.34. The second-order valence-corrected chi connectivity index (χ2v) is 9.43. The number of thiophene rings is 1. The molecule has 9 nitrogen and oxygen atoms in total. The number of rotatable bonds is 9. The Balaban J connectivity index is 1.77. The van der Waals surface area contributed by atoms with Gasteiger partial charge in [0.2, 0.25) is 5.91 Å². The molecule has 0 aliphatic carbocycles. The van der Waals surface area contributed by atoms with E-state index in [0.29, 0.717) is 5.16 Å². The maximum absolute atomic E-state index is 12.7. The molecule has 180 valence electrons. The number of hydrogen-bond acceptors (Lipinski definition) is 9. The molecule has 0 spiro atoms. The molecule has 11 heteroatoms. The van der Waals surface area contributed by atoms with E-state index in [2.05, 4.69) is 41.7 Å². The topological polar surface area (TPSA) is 112 Å². The third-order valence-corrected chi connectivity index (χ3v) is 7.06. The lowest BCUT2D eigenvalue weighted by molar-refractivity contribution is -0.113. The molecule has 0 saturated heterocycles. The molecule has 0 aliphatic rings. The molecule has 0 radical (unpaired) electrons. The lowest BCUT2D eigenvalue weighted by Crippen LogP contribution is -2.16. The van der Waals surface area contributed by atoms with Crippen LogP contribution in [0.1, 0.15) is 44.5 Å². The standard InChI is InChI=1S/C23H26N4O5S2/c1-6-7-27-20(18-11-33-14(3)13(18)2)25-26-23(27)34-12-19(28)24-17-9-15(21(29)31-4)8-16(10-17)22(30)32-5/h8-11H,6-7,12H2,1-5H3,(H,24,28). The van der Waals surface area contributed by atoms with Crippen LogP contribution in [-0.2, 0) is 20.8 Å². The van der Waals surface area contributed by atoms with Crippen LogP contribution in [0.4, 0.5) is 5.69 Å². The van der Waals surface area contributed by atoms with E-state index in [9.17, 15) is 14.4 Å². The number of thioether (sulfide) groups is 1. The molecular formula is C23H26N4O5S2. The molecule has 0 saturated carbocycles. The number of ether oxygens (including phenoxy) is 2. The Labute approximate surface area is 205 Å². The van der Waals surface area contributed by atoms with Gasteiger partial charge in [-0.1, -0.05) is 18.7 Å². The van der Waals surface area contributed by atoms with E-state index >= 15 is 0 Å². The summed E-state index contributed by atoms with van der Waals surface area (Å²) >= 11 is 2.94. The largest absolute Gasteiger partial charge is 0.465 e. The van der Waals surface area contributed by atoms with Crippen molar-refractivity contribution < 1.29 is 23.9 Å². The molecule has 0 aliphatic heterocycles. The molecule has 0 atom stereocenters. The number of hydrogen-bond donors (Lipinski definition) is 1. The van der Waals surface area contributed by atoms with E-state index in [-0.39, 0.29) is 28.5 Å². The van der Waals surface area contributed by atoms with Crippen molar-refractivity contribution >= 4 is 46.6 Å². The van der Waals surface area contributed by atoms with Crippen LogP contribution in [0.2, 0.25) is 0 Å². The summed E-state index contributed by atoms with van der Waals surface area (Å²) in [5.74, 6) is -0.720. The fraction of sp³-hybridized carbons (Fsp3) is 0.348. The van der Waals surface area contributed by atoms with Crippen LogP contribution in [0, 0.1) is 13.8 Å². The summed E-state index contributed by atoms with van der Waals surface area (Å²) in [7, 11) is 2.48. The van der Waals surface area contributed by atoms with Crippen LogP contribution in [0.25, 0.3) is 11.4 Å². The van der Waals surface area contributed by atoms with Gasteiger partial charge in [-0.25, -0.2) is 9.59 Å². The zero-order valence-corrected chi connectivity index (χ0v) is 21.3. The van der Waals surface area contributed by atoms with E-state index in [1.807, 2.05) is 4.57 Å². The molecule has 0 fully saturated rings. The van der Waals surface area contributed by atoms with Crippen molar-refractivity contribution in [3.63, 3.8) is 0 Å². The molecule has 34 heavy (non-hydrogen) atoms. The number of nitrogens with zero attached hydrogens (tertiary/aromatic N) is 3. The number of aryl methyl sites for hydroxylation is 1. The highest BCUT2D eigenvalue weighted by atomic mass is 32.2. The molecule has 1 amide bonds. The highest BCUT2D eigenvalue weighted by Crippen LogP contribution is 2.31. The lowest BCUT2D eigenvalue weighted by atomic mass is 10.1. The number of anilines is 1. The third kappa shape index (κ3) is 5.65. The SMILES string of the molecule is CCCn1c(SCC(=O)Nc2cc(C(=O)OC)cc(C(=O)OC)c2)nnc1-c1csc(C)c1C. The van der Waals surface area contributed by atoms with E-state index in [4.69, 9.17) is 9.47 Å². The zero-order valence-electron chi connectivity index (χ0n) is 19.6. The summed E-state index contributed by atoms with van der Waals surface area (Å²) < 4.78 is 11.5. The Morgan fingerprint density at radius 3 is 2.24 bits per heavy atom. The zero-order chi connectivity index (χ0) is 24.8. The van der Waals surface area contributed by atoms with Gasteiger partial charge in [-0.05, 0) is 44.0 Å². The molecule has 2 aromatic heterocycles. The first-order valence-corrected chi connectivity index (χ1v) is 12.4. The summed E-state index contributed by atoms with van der Waals surface area (Å²) in [5.41, 5.74) is 2.77. The number of amides is 1. The van der Waals surface area contributed by atoms with E-state index in [0.717, 1.165) is 24.4 Å². The van der Waals surface area contributed by atoms with Crippen LogP contribution < -0.4 is 5.32 Å². The maximum atomic E-state index is 12.7. The average molecular weight is 503 g/mol. The van der Waals surface area contributed by atoms with Crippen molar-refractivity contribution in [3.8, 4) is 11.4 Å². The number of nitrogens with one attached hydrogen (secondary N) is 1. The minimum atomic E-state index is -0.630. The van der Waals surface area contributed by atoms with Gasteiger partial charge in [-0.3, -0.25) is 4.79 Å². The van der Waals surface area contributed by atoms with Gasteiger partial charge in [0, 0.05) is 28.1 Å². The molecular weight excluding hydrogens is 476 g/mol. The fourth-order valence-corrected chi connectivity index (χ4v) is 4.88. The normalized spacial score (nSPS) is 10.7. The molecule has 0 unspecified atom stereocenters. The minimum absolute atomic E-state index is 0.0690. The summed E-state index contributed by atoms with van der Waals surface area (Å²) in [6.07, 6.45) is 0.892. The Bertz CT molecular complexity index is 1180. The van der Waals surface area contributed by atoms with Crippen LogP contribution in [0.5, 0.6) is 0 Å². The minimum Gasteiger partial charge on any atom is -0.465 e. The molecule has 3 rings (SSSR count). The summed E-state index contributed by atoms with van der Waals surface area (Å²) in [5, 5.41) is 14.1. The predicted molar refractivity (Wildman–Crippen MR) is 132 cm³/mol. The van der Waals surface area contributed by atoms with Gasteiger partial charge in [0.25, 0.3) is 0 Å². The number of benzene rings is 1. The van der Waals surface area contributed by atoms with Gasteiger partial charge in [-0.2, -0.15) is 0 Å². The molecule has 2 heterocycles. The monoisotopic (exact) mass is 502 g/mol. The Kier molecular flexibility index (Phi) is 8.46. The highest BCUT2D eigenvalue weighted by molar-refractivity contribution is 7.99. The average Bonchev–Trinajstić information content (AvgIpc) is 3.38. The number of carbonyl (C=O) groups excluding carboxylic acids is 3. The molecule has 1 aromatic carbocycles. The second kappa shape index (κ2) is 11.3. The maximum Gasteiger partial charge on any atom is 0.337 e. The van der Waals surface area contributed by atoms with Crippen molar-refractivity contribution in [1.29, 1.82) is 0 Å². The first-order chi connectivity index (χ1) is 16.3. The number of methoxy groups -OCH3 is 2. The summed E-state index contributed by atoms with van der Waals surface area (Å²) in [6.45, 7) is 6.94. The van der Waals surface area contributed by atoms with Crippen LogP contribution in [0.15, 0.2) is 28.7 Å². The van der Waals surface area contributed by atoms with Gasteiger partial charge in [0.15, 0.2) is 11.0 Å². The van der Waals surface area contributed by atoms with Crippen molar-refractivity contribution in [2.45, 2.75) is 38.9 Å². The van der Waals surface area contributed by atoms with Gasteiger partial charge in [-0.15, -0.1) is 21.5 Å². The Hall–Kier alpha value is -3.18. The lowest BCUT2D eigenvalue weighted by Gasteiger charge is -2.10.